The van der Waals surface area contributed by atoms with Crippen molar-refractivity contribution < 1.29 is 9.53 Å². The number of nitrogens with one attached hydrogen (secondary N) is 1. The van der Waals surface area contributed by atoms with Crippen LogP contribution in [0.25, 0.3) is 16.6 Å². The third-order valence-corrected chi connectivity index (χ3v) is 6.82. The van der Waals surface area contributed by atoms with Crippen LogP contribution in [0.1, 0.15) is 27.0 Å². The van der Waals surface area contributed by atoms with Crippen LogP contribution in [0.2, 0.25) is 5.02 Å². The third kappa shape index (κ3) is 5.21. The average molecular weight is 502 g/mol. The molecule has 0 spiro atoms. The first-order valence-corrected chi connectivity index (χ1v) is 12.4. The van der Waals surface area contributed by atoms with Gasteiger partial charge in [-0.1, -0.05) is 48.0 Å². The number of aromatic nitrogens is 1. The molecule has 0 saturated carbocycles. The van der Waals surface area contributed by atoms with E-state index in [2.05, 4.69) is 16.3 Å². The van der Waals surface area contributed by atoms with E-state index in [1.54, 1.807) is 18.3 Å². The standard InChI is InChI=1S/C29H28ClN3O3/c1-20-4-2-3-5-26(20)33-19-25(29(35)31-17-21-6-9-23(30)10-7-21)28(34)24-16-22(8-11-27(24)33)18-32-12-14-36-15-13-32/h2-11,16,19H,12-15,17-18H2,1H3,(H,31,35). The summed E-state index contributed by atoms with van der Waals surface area (Å²) in [5.41, 5.74) is 4.53. The van der Waals surface area contributed by atoms with Crippen LogP contribution in [-0.2, 0) is 17.8 Å². The summed E-state index contributed by atoms with van der Waals surface area (Å²) in [7, 11) is 0. The third-order valence-electron chi connectivity index (χ3n) is 6.56. The van der Waals surface area contributed by atoms with E-state index >= 15 is 0 Å². The number of rotatable bonds is 6. The molecule has 1 fully saturated rings. The minimum Gasteiger partial charge on any atom is -0.379 e. The molecule has 0 bridgehead atoms. The van der Waals surface area contributed by atoms with Crippen molar-refractivity contribution >= 4 is 28.4 Å². The SMILES string of the molecule is Cc1ccccc1-n1cc(C(=O)NCc2ccc(Cl)cc2)c(=O)c2cc(CN3CCOCC3)ccc21. The number of carbonyl (C=O) groups excluding carboxylic acids is 1. The van der Waals surface area contributed by atoms with E-state index in [1.807, 2.05) is 60.0 Å². The second kappa shape index (κ2) is 10.7. The lowest BCUT2D eigenvalue weighted by Gasteiger charge is -2.26. The maximum Gasteiger partial charge on any atom is 0.257 e. The van der Waals surface area contributed by atoms with Crippen molar-refractivity contribution in [3.05, 3.63) is 110 Å². The highest BCUT2D eigenvalue weighted by Crippen LogP contribution is 2.22. The lowest BCUT2D eigenvalue weighted by Crippen LogP contribution is -2.35. The van der Waals surface area contributed by atoms with Gasteiger partial charge in [-0.25, -0.2) is 0 Å². The van der Waals surface area contributed by atoms with Crippen molar-refractivity contribution in [2.45, 2.75) is 20.0 Å². The Balaban J connectivity index is 1.55. The number of amides is 1. The first kappa shape index (κ1) is 24.3. The van der Waals surface area contributed by atoms with Crippen molar-refractivity contribution in [1.82, 2.24) is 14.8 Å². The van der Waals surface area contributed by atoms with Gasteiger partial charge in [-0.2, -0.15) is 0 Å². The number of fused-ring (bicyclic) bond motifs is 1. The number of halogens is 1. The number of aryl methyl sites for hydroxylation is 1. The van der Waals surface area contributed by atoms with Gasteiger partial charge in [-0.3, -0.25) is 14.5 Å². The summed E-state index contributed by atoms with van der Waals surface area (Å²) >= 11 is 5.97. The normalized spacial score (nSPS) is 14.2. The van der Waals surface area contributed by atoms with Crippen molar-refractivity contribution in [2.24, 2.45) is 0 Å². The zero-order chi connectivity index (χ0) is 25.1. The Labute approximate surface area is 215 Å². The second-order valence-corrected chi connectivity index (χ2v) is 9.51. The highest BCUT2D eigenvalue weighted by molar-refractivity contribution is 6.30. The number of hydrogen-bond donors (Lipinski definition) is 1. The van der Waals surface area contributed by atoms with Crippen LogP contribution in [0.3, 0.4) is 0 Å². The van der Waals surface area contributed by atoms with Crippen LogP contribution in [0, 0.1) is 6.92 Å². The minimum atomic E-state index is -0.405. The van der Waals surface area contributed by atoms with Crippen molar-refractivity contribution in [3.8, 4) is 5.69 Å². The molecule has 2 heterocycles. The number of para-hydroxylation sites is 1. The quantitative estimate of drug-likeness (QED) is 0.415. The monoisotopic (exact) mass is 501 g/mol. The average Bonchev–Trinajstić information content (AvgIpc) is 2.90. The molecular weight excluding hydrogens is 474 g/mol. The van der Waals surface area contributed by atoms with E-state index in [1.165, 1.54) is 0 Å². The molecule has 0 unspecified atom stereocenters. The van der Waals surface area contributed by atoms with Gasteiger partial charge >= 0.3 is 0 Å². The Bertz CT molecular complexity index is 1460. The summed E-state index contributed by atoms with van der Waals surface area (Å²) < 4.78 is 7.41. The molecule has 1 aliphatic rings. The number of pyridine rings is 1. The van der Waals surface area contributed by atoms with Gasteiger partial charge in [0, 0.05) is 48.5 Å². The number of hydrogen-bond acceptors (Lipinski definition) is 4. The fourth-order valence-corrected chi connectivity index (χ4v) is 4.69. The van der Waals surface area contributed by atoms with E-state index in [0.717, 1.165) is 47.5 Å². The molecule has 3 aromatic carbocycles. The number of carbonyl (C=O) groups is 1. The van der Waals surface area contributed by atoms with Crippen LogP contribution >= 0.6 is 11.6 Å². The molecule has 1 N–H and O–H groups in total. The summed E-state index contributed by atoms with van der Waals surface area (Å²) in [5, 5.41) is 4.06. The molecule has 1 saturated heterocycles. The smallest absolute Gasteiger partial charge is 0.257 e. The van der Waals surface area contributed by atoms with Crippen LogP contribution in [-0.4, -0.2) is 41.7 Å². The van der Waals surface area contributed by atoms with E-state index in [0.29, 0.717) is 30.2 Å². The van der Waals surface area contributed by atoms with E-state index < -0.39 is 5.91 Å². The van der Waals surface area contributed by atoms with Crippen LogP contribution in [0.4, 0.5) is 0 Å². The van der Waals surface area contributed by atoms with Gasteiger partial charge < -0.3 is 14.6 Å². The highest BCUT2D eigenvalue weighted by Gasteiger charge is 2.18. The largest absolute Gasteiger partial charge is 0.379 e. The molecule has 0 atom stereocenters. The Morgan fingerprint density at radius 1 is 1.00 bits per heavy atom. The Morgan fingerprint density at radius 3 is 2.47 bits per heavy atom. The molecule has 7 heteroatoms. The predicted molar refractivity (Wildman–Crippen MR) is 143 cm³/mol. The van der Waals surface area contributed by atoms with Crippen molar-refractivity contribution in [2.75, 3.05) is 26.3 Å². The van der Waals surface area contributed by atoms with Gasteiger partial charge in [0.2, 0.25) is 5.43 Å². The van der Waals surface area contributed by atoms with Gasteiger partial charge in [0.1, 0.15) is 5.56 Å². The van der Waals surface area contributed by atoms with E-state index in [4.69, 9.17) is 16.3 Å². The zero-order valence-corrected chi connectivity index (χ0v) is 20.9. The summed E-state index contributed by atoms with van der Waals surface area (Å²) in [6, 6.07) is 21.2. The molecular formula is C29H28ClN3O3. The van der Waals surface area contributed by atoms with Crippen LogP contribution in [0.15, 0.2) is 77.7 Å². The van der Waals surface area contributed by atoms with E-state index in [9.17, 15) is 9.59 Å². The van der Waals surface area contributed by atoms with Gasteiger partial charge in [0.25, 0.3) is 5.91 Å². The zero-order valence-electron chi connectivity index (χ0n) is 20.2. The molecule has 1 amide bonds. The van der Waals surface area contributed by atoms with Crippen molar-refractivity contribution in [1.29, 1.82) is 0 Å². The lowest BCUT2D eigenvalue weighted by atomic mass is 10.1. The van der Waals surface area contributed by atoms with Gasteiger partial charge in [0.15, 0.2) is 0 Å². The molecule has 1 aromatic heterocycles. The first-order chi connectivity index (χ1) is 17.5. The number of benzene rings is 3. The fourth-order valence-electron chi connectivity index (χ4n) is 4.57. The van der Waals surface area contributed by atoms with Gasteiger partial charge in [-0.15, -0.1) is 0 Å². The van der Waals surface area contributed by atoms with Gasteiger partial charge in [-0.05, 0) is 53.9 Å². The molecule has 0 aliphatic carbocycles. The highest BCUT2D eigenvalue weighted by atomic mass is 35.5. The minimum absolute atomic E-state index is 0.114. The summed E-state index contributed by atoms with van der Waals surface area (Å²) in [4.78, 5) is 29.2. The summed E-state index contributed by atoms with van der Waals surface area (Å²) in [6.45, 7) is 6.20. The van der Waals surface area contributed by atoms with Gasteiger partial charge in [0.05, 0.1) is 18.7 Å². The summed E-state index contributed by atoms with van der Waals surface area (Å²) in [6.07, 6.45) is 1.66. The number of morpholine rings is 1. The fraction of sp³-hybridized carbons (Fsp3) is 0.241. The summed E-state index contributed by atoms with van der Waals surface area (Å²) in [5.74, 6) is -0.405. The molecule has 0 radical (unpaired) electrons. The maximum atomic E-state index is 13.6. The van der Waals surface area contributed by atoms with Crippen LogP contribution < -0.4 is 10.7 Å². The second-order valence-electron chi connectivity index (χ2n) is 9.08. The topological polar surface area (TPSA) is 63.6 Å². The van der Waals surface area contributed by atoms with Crippen LogP contribution in [0.5, 0.6) is 0 Å². The molecule has 4 aromatic rings. The van der Waals surface area contributed by atoms with E-state index in [-0.39, 0.29) is 11.0 Å². The molecule has 1 aliphatic heterocycles. The maximum absolute atomic E-state index is 13.6. The Morgan fingerprint density at radius 2 is 1.72 bits per heavy atom. The predicted octanol–water partition coefficient (Wildman–Crippen LogP) is 4.71. The number of ether oxygens (including phenoxy) is 1. The molecule has 184 valence electrons. The molecule has 5 rings (SSSR count). The lowest BCUT2D eigenvalue weighted by molar-refractivity contribution is 0.0342. The first-order valence-electron chi connectivity index (χ1n) is 12.1. The van der Waals surface area contributed by atoms with Crippen molar-refractivity contribution in [3.63, 3.8) is 0 Å². The molecule has 6 nitrogen and oxygen atoms in total. The number of nitrogens with zero attached hydrogens (tertiary/aromatic N) is 2. The molecule has 36 heavy (non-hydrogen) atoms. The Hall–Kier alpha value is -3.45. The Kier molecular flexibility index (Phi) is 7.18.